The van der Waals surface area contributed by atoms with Crippen molar-refractivity contribution in [2.24, 2.45) is 0 Å². The molecule has 27 heavy (non-hydrogen) atoms. The van der Waals surface area contributed by atoms with Crippen molar-refractivity contribution in [3.8, 4) is 0 Å². The smallest absolute Gasteiger partial charge is 0.338 e. The fraction of sp³-hybridized carbons (Fsp3) is 0.368. The van der Waals surface area contributed by atoms with Crippen molar-refractivity contribution in [1.29, 1.82) is 0 Å². The number of halogens is 1. The Morgan fingerprint density at radius 1 is 1.07 bits per heavy atom. The molecule has 7 nitrogen and oxygen atoms in total. The van der Waals surface area contributed by atoms with Gasteiger partial charge in [-0.2, -0.15) is 0 Å². The molecular formula is C19H20ClN3O4. The Morgan fingerprint density at radius 2 is 1.74 bits per heavy atom. The Labute approximate surface area is 161 Å². The molecular weight excluding hydrogens is 370 g/mol. The molecule has 2 amide bonds. The third-order valence-electron chi connectivity index (χ3n) is 4.56. The van der Waals surface area contributed by atoms with Crippen molar-refractivity contribution in [3.05, 3.63) is 41.0 Å². The van der Waals surface area contributed by atoms with Crippen molar-refractivity contribution in [1.82, 2.24) is 14.8 Å². The van der Waals surface area contributed by atoms with E-state index in [1.807, 2.05) is 0 Å². The lowest BCUT2D eigenvalue weighted by atomic mass is 10.1. The van der Waals surface area contributed by atoms with Gasteiger partial charge in [0.05, 0.1) is 11.1 Å². The number of fused-ring (bicyclic) bond motifs is 1. The van der Waals surface area contributed by atoms with Gasteiger partial charge in [0, 0.05) is 38.5 Å². The Bertz CT molecular complexity index is 894. The van der Waals surface area contributed by atoms with Gasteiger partial charge in [0.1, 0.15) is 5.15 Å². The maximum atomic E-state index is 12.5. The van der Waals surface area contributed by atoms with Crippen LogP contribution in [0.1, 0.15) is 24.2 Å². The Balaban J connectivity index is 1.62. The molecule has 3 rings (SSSR count). The number of nitrogens with zero attached hydrogens (tertiary/aromatic N) is 3. The van der Waals surface area contributed by atoms with Crippen molar-refractivity contribution in [3.63, 3.8) is 0 Å². The van der Waals surface area contributed by atoms with E-state index in [0.717, 1.165) is 5.39 Å². The molecule has 1 saturated heterocycles. The number of hydrogen-bond acceptors (Lipinski definition) is 5. The summed E-state index contributed by atoms with van der Waals surface area (Å²) in [5, 5.41) is 1.13. The van der Waals surface area contributed by atoms with E-state index < -0.39 is 12.1 Å². The van der Waals surface area contributed by atoms with Crippen molar-refractivity contribution >= 4 is 40.3 Å². The Kier molecular flexibility index (Phi) is 5.60. The maximum Gasteiger partial charge on any atom is 0.338 e. The second-order valence-electron chi connectivity index (χ2n) is 6.42. The number of hydrogen-bond donors (Lipinski definition) is 0. The predicted octanol–water partition coefficient (Wildman–Crippen LogP) is 2.12. The van der Waals surface area contributed by atoms with E-state index >= 15 is 0 Å². The molecule has 1 aromatic heterocycles. The lowest BCUT2D eigenvalue weighted by Gasteiger charge is -2.35. The quantitative estimate of drug-likeness (QED) is 0.593. The average molecular weight is 390 g/mol. The molecule has 0 spiro atoms. The van der Waals surface area contributed by atoms with Gasteiger partial charge in [0.15, 0.2) is 6.10 Å². The summed E-state index contributed by atoms with van der Waals surface area (Å²) in [6.07, 6.45) is -0.902. The number of amides is 2. The standard InChI is InChI=1S/C19H20ClN3O4/c1-12(18(25)23-9-7-22(8-10-23)13(2)24)27-19(26)15-3-5-16-14(11-15)4-6-17(20)21-16/h3-6,11-12H,7-10H2,1-2H3. The van der Waals surface area contributed by atoms with Crippen LogP contribution in [0.3, 0.4) is 0 Å². The summed E-state index contributed by atoms with van der Waals surface area (Å²) in [5.41, 5.74) is 1.01. The molecule has 1 aromatic carbocycles. The molecule has 0 bridgehead atoms. The molecule has 8 heteroatoms. The van der Waals surface area contributed by atoms with Crippen LogP contribution in [0.2, 0.25) is 5.15 Å². The average Bonchev–Trinajstić information content (AvgIpc) is 2.66. The summed E-state index contributed by atoms with van der Waals surface area (Å²) < 4.78 is 5.34. The van der Waals surface area contributed by atoms with Gasteiger partial charge in [-0.25, -0.2) is 9.78 Å². The summed E-state index contributed by atoms with van der Waals surface area (Å²) >= 11 is 5.86. The van der Waals surface area contributed by atoms with Gasteiger partial charge in [0.2, 0.25) is 5.91 Å². The molecule has 0 saturated carbocycles. The van der Waals surface area contributed by atoms with Gasteiger partial charge in [-0.3, -0.25) is 9.59 Å². The highest BCUT2D eigenvalue weighted by molar-refractivity contribution is 6.29. The highest BCUT2D eigenvalue weighted by Crippen LogP contribution is 2.18. The van der Waals surface area contributed by atoms with Gasteiger partial charge < -0.3 is 14.5 Å². The van der Waals surface area contributed by atoms with Gasteiger partial charge in [-0.1, -0.05) is 11.6 Å². The van der Waals surface area contributed by atoms with Crippen LogP contribution in [-0.2, 0) is 14.3 Å². The summed E-state index contributed by atoms with van der Waals surface area (Å²) in [6, 6.07) is 8.35. The highest BCUT2D eigenvalue weighted by atomic mass is 35.5. The first-order valence-corrected chi connectivity index (χ1v) is 9.04. The predicted molar refractivity (Wildman–Crippen MR) is 100 cm³/mol. The highest BCUT2D eigenvalue weighted by Gasteiger charge is 2.28. The van der Waals surface area contributed by atoms with Crippen LogP contribution in [0.5, 0.6) is 0 Å². The first kappa shape index (κ1) is 19.1. The number of piperazine rings is 1. The third-order valence-corrected chi connectivity index (χ3v) is 4.77. The molecule has 1 atom stereocenters. The number of ether oxygens (including phenoxy) is 1. The van der Waals surface area contributed by atoms with Gasteiger partial charge in [0.25, 0.3) is 5.91 Å². The number of carbonyl (C=O) groups excluding carboxylic acids is 3. The molecule has 1 aliphatic heterocycles. The van der Waals surface area contributed by atoms with Crippen LogP contribution in [0.15, 0.2) is 30.3 Å². The Morgan fingerprint density at radius 3 is 2.41 bits per heavy atom. The lowest BCUT2D eigenvalue weighted by molar-refractivity contribution is -0.144. The van der Waals surface area contributed by atoms with E-state index in [9.17, 15) is 14.4 Å². The fourth-order valence-corrected chi connectivity index (χ4v) is 3.16. The molecule has 0 N–H and O–H groups in total. The van der Waals surface area contributed by atoms with E-state index in [2.05, 4.69) is 4.98 Å². The van der Waals surface area contributed by atoms with E-state index in [1.54, 1.807) is 47.1 Å². The third kappa shape index (κ3) is 4.36. The van der Waals surface area contributed by atoms with Gasteiger partial charge >= 0.3 is 5.97 Å². The van der Waals surface area contributed by atoms with Crippen molar-refractivity contribution in [2.45, 2.75) is 20.0 Å². The topological polar surface area (TPSA) is 79.8 Å². The zero-order chi connectivity index (χ0) is 19.6. The van der Waals surface area contributed by atoms with Crippen LogP contribution in [0, 0.1) is 0 Å². The summed E-state index contributed by atoms with van der Waals surface area (Å²) in [5.74, 6) is -0.843. The van der Waals surface area contributed by atoms with Crippen LogP contribution in [0.25, 0.3) is 10.9 Å². The summed E-state index contributed by atoms with van der Waals surface area (Å²) in [7, 11) is 0. The van der Waals surface area contributed by atoms with Crippen molar-refractivity contribution < 1.29 is 19.1 Å². The molecule has 1 unspecified atom stereocenters. The minimum atomic E-state index is -0.902. The number of aromatic nitrogens is 1. The Hall–Kier alpha value is -2.67. The molecule has 1 aliphatic rings. The second kappa shape index (κ2) is 7.92. The molecule has 142 valence electrons. The number of benzene rings is 1. The normalized spacial score (nSPS) is 15.5. The zero-order valence-corrected chi connectivity index (χ0v) is 15.9. The maximum absolute atomic E-state index is 12.5. The monoisotopic (exact) mass is 389 g/mol. The lowest BCUT2D eigenvalue weighted by Crippen LogP contribution is -2.52. The molecule has 1 fully saturated rings. The largest absolute Gasteiger partial charge is 0.449 e. The molecule has 2 heterocycles. The second-order valence-corrected chi connectivity index (χ2v) is 6.81. The molecule has 0 radical (unpaired) electrons. The number of esters is 1. The number of carbonyl (C=O) groups is 3. The molecule has 0 aliphatic carbocycles. The van der Waals surface area contributed by atoms with Gasteiger partial charge in [-0.15, -0.1) is 0 Å². The minimum Gasteiger partial charge on any atom is -0.449 e. The SMILES string of the molecule is CC(=O)N1CCN(C(=O)C(C)OC(=O)c2ccc3nc(Cl)ccc3c2)CC1. The van der Waals surface area contributed by atoms with Crippen LogP contribution < -0.4 is 0 Å². The van der Waals surface area contributed by atoms with Crippen LogP contribution in [-0.4, -0.2) is 64.9 Å². The summed E-state index contributed by atoms with van der Waals surface area (Å²) in [4.78, 5) is 43.8. The minimum absolute atomic E-state index is 0.00587. The molecule has 2 aromatic rings. The van der Waals surface area contributed by atoms with E-state index in [1.165, 1.54) is 6.92 Å². The fourth-order valence-electron chi connectivity index (χ4n) is 3.01. The van der Waals surface area contributed by atoms with E-state index in [0.29, 0.717) is 42.4 Å². The van der Waals surface area contributed by atoms with Gasteiger partial charge in [-0.05, 0) is 37.3 Å². The van der Waals surface area contributed by atoms with Crippen LogP contribution in [0.4, 0.5) is 0 Å². The van der Waals surface area contributed by atoms with Crippen molar-refractivity contribution in [2.75, 3.05) is 26.2 Å². The van der Waals surface area contributed by atoms with Crippen LogP contribution >= 0.6 is 11.6 Å². The first-order chi connectivity index (χ1) is 12.8. The van der Waals surface area contributed by atoms with E-state index in [4.69, 9.17) is 16.3 Å². The zero-order valence-electron chi connectivity index (χ0n) is 15.1. The summed E-state index contributed by atoms with van der Waals surface area (Å²) in [6.45, 7) is 4.91. The number of rotatable bonds is 3. The first-order valence-electron chi connectivity index (χ1n) is 8.67. The van der Waals surface area contributed by atoms with E-state index in [-0.39, 0.29) is 11.8 Å². The number of pyridine rings is 1.